The Morgan fingerprint density at radius 1 is 1.30 bits per heavy atom. The summed E-state index contributed by atoms with van der Waals surface area (Å²) in [5.74, 6) is -0.439. The molecule has 4 heteroatoms. The molecule has 0 saturated heterocycles. The fraction of sp³-hybridized carbons (Fsp3) is 0. The van der Waals surface area contributed by atoms with Gasteiger partial charge in [-0.05, 0) is 12.1 Å². The van der Waals surface area contributed by atoms with E-state index in [4.69, 9.17) is 5.21 Å². The van der Waals surface area contributed by atoms with Gasteiger partial charge in [-0.1, -0.05) is 0 Å². The molecule has 52 valence electrons. The summed E-state index contributed by atoms with van der Waals surface area (Å²) >= 11 is 0. The van der Waals surface area contributed by atoms with Crippen molar-refractivity contribution in [3.8, 4) is 0 Å². The zero-order valence-corrected chi connectivity index (χ0v) is 4.99. The van der Waals surface area contributed by atoms with Crippen molar-refractivity contribution in [2.75, 3.05) is 0 Å². The third-order valence-electron chi connectivity index (χ3n) is 1.05. The van der Waals surface area contributed by atoms with E-state index in [-0.39, 0.29) is 10.6 Å². The lowest BCUT2D eigenvalue weighted by Gasteiger charge is -1.83. The molecule has 1 aromatic rings. The average molecular weight is 142 g/mol. The molecule has 0 fully saturated rings. The quantitative estimate of drug-likeness (QED) is 0.605. The van der Waals surface area contributed by atoms with Gasteiger partial charge in [-0.3, -0.25) is 0 Å². The Balaban J connectivity index is 3.00. The van der Waals surface area contributed by atoms with Crippen LogP contribution in [0.15, 0.2) is 24.3 Å². The second kappa shape index (κ2) is 2.43. The van der Waals surface area contributed by atoms with Crippen molar-refractivity contribution >= 4 is 5.69 Å². The first kappa shape index (κ1) is 6.67. The Morgan fingerprint density at radius 2 is 1.80 bits per heavy atom. The summed E-state index contributed by atoms with van der Waals surface area (Å²) in [5.41, 5.74) is 0.0152. The molecule has 0 atom stereocenters. The molecule has 1 N–H and O–H groups in total. The van der Waals surface area contributed by atoms with E-state index in [9.17, 15) is 9.30 Å². The average Bonchev–Trinajstić information content (AvgIpc) is 1.88. The Kier molecular flexibility index (Phi) is 1.62. The highest BCUT2D eigenvalue weighted by Crippen LogP contribution is 2.09. The van der Waals surface area contributed by atoms with E-state index >= 15 is 0 Å². The summed E-state index contributed by atoms with van der Waals surface area (Å²) in [6.07, 6.45) is 0. The zero-order chi connectivity index (χ0) is 7.56. The van der Waals surface area contributed by atoms with Crippen LogP contribution in [-0.4, -0.2) is 10.1 Å². The lowest BCUT2D eigenvalue weighted by Crippen LogP contribution is -1.90. The Hall–Kier alpha value is -1.45. The fourth-order valence-corrected chi connectivity index (χ4v) is 0.569. The van der Waals surface area contributed by atoms with Gasteiger partial charge in [0.25, 0.3) is 4.92 Å². The van der Waals surface area contributed by atoms with Crippen LogP contribution in [0.1, 0.15) is 0 Å². The van der Waals surface area contributed by atoms with Crippen LogP contribution in [0.2, 0.25) is 0 Å². The molecule has 1 rings (SSSR count). The van der Waals surface area contributed by atoms with E-state index in [0.29, 0.717) is 0 Å². The highest BCUT2D eigenvalue weighted by atomic mass is 19.1. The molecule has 1 aromatic carbocycles. The van der Waals surface area contributed by atoms with Gasteiger partial charge in [-0.2, -0.15) is 0 Å². The molecule has 0 aliphatic carbocycles. The van der Waals surface area contributed by atoms with Gasteiger partial charge in [0.2, 0.25) is 0 Å². The molecule has 10 heavy (non-hydrogen) atoms. The molecule has 0 aromatic heterocycles. The SMILES string of the molecule is O=[N+](O)c1ccc(F)cc1. The maximum Gasteiger partial charge on any atom is 0.316 e. The van der Waals surface area contributed by atoms with Gasteiger partial charge >= 0.3 is 5.69 Å². The number of halogens is 1. The van der Waals surface area contributed by atoms with Crippen molar-refractivity contribution in [1.29, 1.82) is 0 Å². The summed E-state index contributed by atoms with van der Waals surface area (Å²) in [7, 11) is 0. The summed E-state index contributed by atoms with van der Waals surface area (Å²) in [5, 5.41) is 8.27. The second-order valence-electron chi connectivity index (χ2n) is 1.75. The summed E-state index contributed by atoms with van der Waals surface area (Å²) < 4.78 is 12.1. The number of rotatable bonds is 1. The van der Waals surface area contributed by atoms with E-state index in [1.165, 1.54) is 12.1 Å². The predicted octanol–water partition coefficient (Wildman–Crippen LogP) is 1.63. The van der Waals surface area contributed by atoms with Crippen LogP contribution in [0.5, 0.6) is 0 Å². The maximum atomic E-state index is 12.1. The monoisotopic (exact) mass is 142 g/mol. The summed E-state index contributed by atoms with van der Waals surface area (Å²) in [6, 6.07) is 4.55. The van der Waals surface area contributed by atoms with Crippen molar-refractivity contribution in [3.05, 3.63) is 35.0 Å². The lowest BCUT2D eigenvalue weighted by atomic mass is 10.3. The minimum Gasteiger partial charge on any atom is -0.241 e. The molecule has 0 unspecified atom stereocenters. The number of benzene rings is 1. The molecule has 0 spiro atoms. The van der Waals surface area contributed by atoms with Crippen LogP contribution in [0.3, 0.4) is 0 Å². The number of hydrogen-bond acceptors (Lipinski definition) is 1. The van der Waals surface area contributed by atoms with E-state index < -0.39 is 5.82 Å². The van der Waals surface area contributed by atoms with E-state index in [1.54, 1.807) is 0 Å². The fourth-order valence-electron chi connectivity index (χ4n) is 0.569. The van der Waals surface area contributed by atoms with Crippen LogP contribution >= 0.6 is 0 Å². The molecule has 0 heterocycles. The molecular weight excluding hydrogens is 137 g/mol. The Bertz CT molecular complexity index is 244. The van der Waals surface area contributed by atoms with Crippen LogP contribution in [0, 0.1) is 10.7 Å². The molecule has 0 aliphatic rings. The molecule has 3 nitrogen and oxygen atoms in total. The van der Waals surface area contributed by atoms with Gasteiger partial charge in [0, 0.05) is 12.1 Å². The molecule has 0 saturated carbocycles. The van der Waals surface area contributed by atoms with Crippen LogP contribution in [-0.2, 0) is 0 Å². The summed E-state index contributed by atoms with van der Waals surface area (Å²) in [6.45, 7) is 0. The van der Waals surface area contributed by atoms with E-state index in [2.05, 4.69) is 0 Å². The molecule has 0 amide bonds. The maximum absolute atomic E-state index is 12.1. The topological polar surface area (TPSA) is 40.3 Å². The van der Waals surface area contributed by atoms with Gasteiger partial charge in [0.15, 0.2) is 0 Å². The summed E-state index contributed by atoms with van der Waals surface area (Å²) in [4.78, 5) is 9.79. The third kappa shape index (κ3) is 1.28. The lowest BCUT2D eigenvalue weighted by molar-refractivity contribution is -0.729. The van der Waals surface area contributed by atoms with Gasteiger partial charge in [0.1, 0.15) is 5.82 Å². The van der Waals surface area contributed by atoms with Gasteiger partial charge in [-0.15, -0.1) is 0 Å². The normalized spacial score (nSPS) is 9.30. The smallest absolute Gasteiger partial charge is 0.241 e. The Morgan fingerprint density at radius 3 is 2.20 bits per heavy atom. The molecular formula is C6H5FNO2+. The highest BCUT2D eigenvalue weighted by molar-refractivity contribution is 5.28. The first-order chi connectivity index (χ1) is 4.70. The van der Waals surface area contributed by atoms with E-state index in [1.807, 2.05) is 0 Å². The van der Waals surface area contributed by atoms with Gasteiger partial charge < -0.3 is 0 Å². The number of hydrogen-bond donors (Lipinski definition) is 1. The van der Waals surface area contributed by atoms with Gasteiger partial charge in [-0.25, -0.2) is 9.60 Å². The van der Waals surface area contributed by atoms with Crippen molar-refractivity contribution < 1.29 is 14.5 Å². The van der Waals surface area contributed by atoms with Crippen molar-refractivity contribution in [2.45, 2.75) is 0 Å². The molecule has 0 radical (unpaired) electrons. The Labute approximate surface area is 56.2 Å². The van der Waals surface area contributed by atoms with Crippen LogP contribution in [0.4, 0.5) is 10.1 Å². The van der Waals surface area contributed by atoms with Crippen LogP contribution < -0.4 is 0 Å². The number of nitrogens with zero attached hydrogens (tertiary/aromatic N) is 1. The third-order valence-corrected chi connectivity index (χ3v) is 1.05. The van der Waals surface area contributed by atoms with Crippen molar-refractivity contribution in [3.63, 3.8) is 0 Å². The zero-order valence-electron chi connectivity index (χ0n) is 4.99. The largest absolute Gasteiger partial charge is 0.316 e. The van der Waals surface area contributed by atoms with E-state index in [0.717, 1.165) is 12.1 Å². The second-order valence-corrected chi connectivity index (χ2v) is 1.75. The predicted molar refractivity (Wildman–Crippen MR) is 31.5 cm³/mol. The first-order valence-electron chi connectivity index (χ1n) is 2.62. The van der Waals surface area contributed by atoms with Crippen molar-refractivity contribution in [1.82, 2.24) is 0 Å². The van der Waals surface area contributed by atoms with Gasteiger partial charge in [0.05, 0.1) is 4.91 Å². The highest BCUT2D eigenvalue weighted by Gasteiger charge is 2.08. The first-order valence-corrected chi connectivity index (χ1v) is 2.62. The van der Waals surface area contributed by atoms with Crippen LogP contribution in [0.25, 0.3) is 0 Å². The molecule has 0 aliphatic heterocycles. The molecule has 0 bridgehead atoms. The van der Waals surface area contributed by atoms with Crippen molar-refractivity contribution in [2.24, 2.45) is 0 Å². The standard InChI is InChI=1S/C6H5FNO2/c7-5-1-3-6(4-2-5)8(9)10/h1-4H,(H,9,10)/q+1. The minimum absolute atomic E-state index is 0.0152. The minimum atomic E-state index is -0.439.